The molecule has 0 aromatic rings. The molecular weight excluding hydrogens is 162 g/mol. The van der Waals surface area contributed by atoms with Crippen molar-refractivity contribution < 1.29 is 0 Å². The molecule has 0 saturated heterocycles. The number of hydrogen-bond donors (Lipinski definition) is 1. The summed E-state index contributed by atoms with van der Waals surface area (Å²) in [4.78, 5) is 4.57. The third-order valence-corrected chi connectivity index (χ3v) is 2.13. The van der Waals surface area contributed by atoms with Crippen LogP contribution in [0.25, 0.3) is 0 Å². The summed E-state index contributed by atoms with van der Waals surface area (Å²) in [6.45, 7) is 5.51. The fraction of sp³-hybridized carbons (Fsp3) is 1.00. The minimum Gasteiger partial charge on any atom is -0.328 e. The number of rotatable bonds is 7. The van der Waals surface area contributed by atoms with Gasteiger partial charge in [-0.3, -0.25) is 0 Å². The SMILES string of the molecule is CC(N)CCCN(C)CCN(C)C. The molecule has 0 fully saturated rings. The second-order valence-electron chi connectivity index (χ2n) is 4.23. The number of likely N-dealkylation sites (N-methyl/N-ethyl adjacent to an activating group) is 2. The lowest BCUT2D eigenvalue weighted by atomic mass is 10.2. The smallest absolute Gasteiger partial charge is 0.0106 e. The van der Waals surface area contributed by atoms with E-state index in [9.17, 15) is 0 Å². The Balaban J connectivity index is 3.25. The lowest BCUT2D eigenvalue weighted by Gasteiger charge is -2.19. The highest BCUT2D eigenvalue weighted by molar-refractivity contribution is 4.58. The van der Waals surface area contributed by atoms with Crippen LogP contribution in [-0.2, 0) is 0 Å². The van der Waals surface area contributed by atoms with Crippen molar-refractivity contribution in [1.82, 2.24) is 9.80 Å². The van der Waals surface area contributed by atoms with E-state index in [4.69, 9.17) is 5.73 Å². The highest BCUT2D eigenvalue weighted by atomic mass is 15.1. The van der Waals surface area contributed by atoms with Crippen LogP contribution in [0.1, 0.15) is 19.8 Å². The maximum atomic E-state index is 5.67. The van der Waals surface area contributed by atoms with Gasteiger partial charge < -0.3 is 15.5 Å². The van der Waals surface area contributed by atoms with Crippen molar-refractivity contribution in [2.45, 2.75) is 25.8 Å². The van der Waals surface area contributed by atoms with Crippen molar-refractivity contribution in [3.8, 4) is 0 Å². The Morgan fingerprint density at radius 3 is 2.15 bits per heavy atom. The van der Waals surface area contributed by atoms with Crippen molar-refractivity contribution >= 4 is 0 Å². The topological polar surface area (TPSA) is 32.5 Å². The quantitative estimate of drug-likeness (QED) is 0.634. The van der Waals surface area contributed by atoms with Crippen LogP contribution in [0.3, 0.4) is 0 Å². The van der Waals surface area contributed by atoms with Gasteiger partial charge in [0.2, 0.25) is 0 Å². The lowest BCUT2D eigenvalue weighted by Crippen LogP contribution is -2.30. The van der Waals surface area contributed by atoms with Gasteiger partial charge in [0.15, 0.2) is 0 Å². The molecule has 80 valence electrons. The molecule has 0 aromatic carbocycles. The molecule has 0 saturated carbocycles. The Hall–Kier alpha value is -0.120. The van der Waals surface area contributed by atoms with Gasteiger partial charge in [0, 0.05) is 19.1 Å². The van der Waals surface area contributed by atoms with Gasteiger partial charge >= 0.3 is 0 Å². The fourth-order valence-corrected chi connectivity index (χ4v) is 1.17. The van der Waals surface area contributed by atoms with Gasteiger partial charge in [-0.2, -0.15) is 0 Å². The molecule has 0 spiro atoms. The van der Waals surface area contributed by atoms with Gasteiger partial charge in [-0.05, 0) is 47.5 Å². The first-order chi connectivity index (χ1) is 6.02. The van der Waals surface area contributed by atoms with Gasteiger partial charge in [0.1, 0.15) is 0 Å². The highest BCUT2D eigenvalue weighted by Gasteiger charge is 2.00. The molecule has 0 aromatic heterocycles. The van der Waals surface area contributed by atoms with Crippen LogP contribution >= 0.6 is 0 Å². The molecule has 0 aliphatic rings. The lowest BCUT2D eigenvalue weighted by molar-refractivity contribution is 0.276. The second-order valence-corrected chi connectivity index (χ2v) is 4.23. The molecule has 3 heteroatoms. The van der Waals surface area contributed by atoms with E-state index in [-0.39, 0.29) is 0 Å². The first-order valence-corrected chi connectivity index (χ1v) is 5.11. The molecule has 2 N–H and O–H groups in total. The van der Waals surface area contributed by atoms with Crippen LogP contribution in [0.5, 0.6) is 0 Å². The second kappa shape index (κ2) is 7.30. The molecular formula is C10H25N3. The molecule has 0 bridgehead atoms. The van der Waals surface area contributed by atoms with Crippen molar-refractivity contribution in [3.05, 3.63) is 0 Å². The summed E-state index contributed by atoms with van der Waals surface area (Å²) < 4.78 is 0. The van der Waals surface area contributed by atoms with Crippen LogP contribution in [0.15, 0.2) is 0 Å². The van der Waals surface area contributed by atoms with Crippen LogP contribution in [0.4, 0.5) is 0 Å². The summed E-state index contributed by atoms with van der Waals surface area (Å²) >= 11 is 0. The van der Waals surface area contributed by atoms with Crippen LogP contribution < -0.4 is 5.73 Å². The average Bonchev–Trinajstić information content (AvgIpc) is 2.00. The van der Waals surface area contributed by atoms with Gasteiger partial charge in [0.25, 0.3) is 0 Å². The molecule has 0 amide bonds. The predicted octanol–water partition coefficient (Wildman–Crippen LogP) is 0.607. The number of hydrogen-bond acceptors (Lipinski definition) is 3. The molecule has 3 nitrogen and oxygen atoms in total. The molecule has 1 atom stereocenters. The fourth-order valence-electron chi connectivity index (χ4n) is 1.17. The molecule has 0 radical (unpaired) electrons. The third kappa shape index (κ3) is 9.80. The monoisotopic (exact) mass is 187 g/mol. The van der Waals surface area contributed by atoms with E-state index >= 15 is 0 Å². The van der Waals surface area contributed by atoms with Crippen molar-refractivity contribution in [3.63, 3.8) is 0 Å². The maximum absolute atomic E-state index is 5.67. The Morgan fingerprint density at radius 2 is 1.69 bits per heavy atom. The van der Waals surface area contributed by atoms with Gasteiger partial charge in [0.05, 0.1) is 0 Å². The van der Waals surface area contributed by atoms with E-state index in [1.165, 1.54) is 6.42 Å². The van der Waals surface area contributed by atoms with E-state index in [1.807, 2.05) is 0 Å². The van der Waals surface area contributed by atoms with Crippen LogP contribution in [-0.4, -0.2) is 56.6 Å². The molecule has 0 aliphatic carbocycles. The Bertz CT molecular complexity index is 113. The summed E-state index contributed by atoms with van der Waals surface area (Å²) in [6, 6.07) is 0.349. The number of nitrogens with zero attached hydrogens (tertiary/aromatic N) is 2. The summed E-state index contributed by atoms with van der Waals surface area (Å²) in [7, 11) is 6.39. The molecule has 13 heavy (non-hydrogen) atoms. The minimum atomic E-state index is 0.349. The summed E-state index contributed by atoms with van der Waals surface area (Å²) in [6.07, 6.45) is 2.34. The summed E-state index contributed by atoms with van der Waals surface area (Å²) in [5.74, 6) is 0. The summed E-state index contributed by atoms with van der Waals surface area (Å²) in [5.41, 5.74) is 5.67. The largest absolute Gasteiger partial charge is 0.328 e. The van der Waals surface area contributed by atoms with Crippen LogP contribution in [0, 0.1) is 0 Å². The first-order valence-electron chi connectivity index (χ1n) is 5.11. The van der Waals surface area contributed by atoms with Gasteiger partial charge in [-0.1, -0.05) is 0 Å². The highest BCUT2D eigenvalue weighted by Crippen LogP contribution is 1.95. The molecule has 0 aliphatic heterocycles. The van der Waals surface area contributed by atoms with Crippen molar-refractivity contribution in [2.24, 2.45) is 5.73 Å². The van der Waals surface area contributed by atoms with Crippen LogP contribution in [0.2, 0.25) is 0 Å². The standard InChI is InChI=1S/C10H25N3/c1-10(11)6-5-7-13(4)9-8-12(2)3/h10H,5-9,11H2,1-4H3. The van der Waals surface area contributed by atoms with Crippen molar-refractivity contribution in [1.29, 1.82) is 0 Å². The number of nitrogens with two attached hydrogens (primary N) is 1. The molecule has 0 rings (SSSR count). The average molecular weight is 187 g/mol. The van der Waals surface area contributed by atoms with E-state index < -0.39 is 0 Å². The zero-order valence-corrected chi connectivity index (χ0v) is 9.58. The van der Waals surface area contributed by atoms with E-state index in [0.717, 1.165) is 26.1 Å². The predicted molar refractivity (Wildman–Crippen MR) is 58.9 cm³/mol. The third-order valence-electron chi connectivity index (χ3n) is 2.13. The molecule has 0 heterocycles. The van der Waals surface area contributed by atoms with E-state index in [0.29, 0.717) is 6.04 Å². The molecule has 1 unspecified atom stereocenters. The van der Waals surface area contributed by atoms with E-state index in [2.05, 4.69) is 37.9 Å². The Kier molecular flexibility index (Phi) is 7.23. The van der Waals surface area contributed by atoms with Gasteiger partial charge in [-0.15, -0.1) is 0 Å². The van der Waals surface area contributed by atoms with Crippen molar-refractivity contribution in [2.75, 3.05) is 40.8 Å². The summed E-state index contributed by atoms with van der Waals surface area (Å²) in [5, 5.41) is 0. The minimum absolute atomic E-state index is 0.349. The normalized spacial score (nSPS) is 14.1. The van der Waals surface area contributed by atoms with E-state index in [1.54, 1.807) is 0 Å². The maximum Gasteiger partial charge on any atom is 0.0106 e. The Labute approximate surface area is 82.9 Å². The first kappa shape index (κ1) is 12.9. The van der Waals surface area contributed by atoms with Gasteiger partial charge in [-0.25, -0.2) is 0 Å². The zero-order chi connectivity index (χ0) is 10.3. The zero-order valence-electron chi connectivity index (χ0n) is 9.58. The Morgan fingerprint density at radius 1 is 1.08 bits per heavy atom.